The molecule has 1 aliphatic rings. The Hall–Kier alpha value is -1.81. The first-order chi connectivity index (χ1) is 10.3. The van der Waals surface area contributed by atoms with E-state index in [-0.39, 0.29) is 5.91 Å². The number of carbonyl (C=O) groups is 1. The topological polar surface area (TPSA) is 50.4 Å². The third-order valence-corrected chi connectivity index (χ3v) is 3.66. The number of benzene rings is 1. The van der Waals surface area contributed by atoms with Crippen LogP contribution >= 0.6 is 0 Å². The summed E-state index contributed by atoms with van der Waals surface area (Å²) in [7, 11) is 0. The van der Waals surface area contributed by atoms with Gasteiger partial charge in [0, 0.05) is 11.7 Å². The van der Waals surface area contributed by atoms with Crippen LogP contribution in [0.15, 0.2) is 36.9 Å². The van der Waals surface area contributed by atoms with Gasteiger partial charge in [0.25, 0.3) is 0 Å². The molecule has 4 heteroatoms. The molecule has 1 aliphatic carbocycles. The molecule has 0 heterocycles. The molecule has 0 aliphatic heterocycles. The Morgan fingerprint density at radius 3 is 2.62 bits per heavy atom. The van der Waals surface area contributed by atoms with Crippen molar-refractivity contribution in [1.82, 2.24) is 5.32 Å². The molecular weight excluding hydrogens is 264 g/mol. The Kier molecular flexibility index (Phi) is 6.28. The zero-order valence-electron chi connectivity index (χ0n) is 12.4. The van der Waals surface area contributed by atoms with Gasteiger partial charge >= 0.3 is 0 Å². The van der Waals surface area contributed by atoms with Crippen LogP contribution in [0.25, 0.3) is 0 Å². The van der Waals surface area contributed by atoms with Gasteiger partial charge in [0.2, 0.25) is 5.91 Å². The zero-order valence-corrected chi connectivity index (χ0v) is 12.4. The predicted molar refractivity (Wildman–Crippen MR) is 85.6 cm³/mol. The van der Waals surface area contributed by atoms with Crippen molar-refractivity contribution in [1.29, 1.82) is 0 Å². The van der Waals surface area contributed by atoms with Gasteiger partial charge in [-0.3, -0.25) is 4.79 Å². The van der Waals surface area contributed by atoms with Crippen molar-refractivity contribution in [3.63, 3.8) is 0 Å². The average Bonchev–Trinajstić information content (AvgIpc) is 2.53. The van der Waals surface area contributed by atoms with E-state index in [9.17, 15) is 4.79 Å². The van der Waals surface area contributed by atoms with Gasteiger partial charge in [0.1, 0.15) is 12.4 Å². The molecule has 0 spiro atoms. The maximum absolute atomic E-state index is 11.9. The lowest BCUT2D eigenvalue weighted by atomic mass is 9.95. The average molecular weight is 288 g/mol. The van der Waals surface area contributed by atoms with Crippen LogP contribution in [0.5, 0.6) is 5.75 Å². The second-order valence-electron chi connectivity index (χ2n) is 5.39. The van der Waals surface area contributed by atoms with Crippen molar-refractivity contribution in [3.05, 3.63) is 36.9 Å². The first-order valence-corrected chi connectivity index (χ1v) is 7.65. The van der Waals surface area contributed by atoms with E-state index in [4.69, 9.17) is 4.74 Å². The molecule has 1 amide bonds. The fourth-order valence-electron chi connectivity index (χ4n) is 2.54. The Morgan fingerprint density at radius 2 is 1.95 bits per heavy atom. The molecule has 1 aromatic rings. The molecule has 0 unspecified atom stereocenters. The van der Waals surface area contributed by atoms with Crippen LogP contribution in [-0.2, 0) is 4.79 Å². The molecule has 114 valence electrons. The molecule has 0 radical (unpaired) electrons. The van der Waals surface area contributed by atoms with Crippen molar-refractivity contribution < 1.29 is 9.53 Å². The fourth-order valence-corrected chi connectivity index (χ4v) is 2.54. The monoisotopic (exact) mass is 288 g/mol. The van der Waals surface area contributed by atoms with Crippen LogP contribution in [0.2, 0.25) is 0 Å². The summed E-state index contributed by atoms with van der Waals surface area (Å²) in [5.41, 5.74) is 0.788. The first-order valence-electron chi connectivity index (χ1n) is 7.65. The molecule has 2 N–H and O–H groups in total. The lowest BCUT2D eigenvalue weighted by Crippen LogP contribution is -2.37. The van der Waals surface area contributed by atoms with Crippen LogP contribution in [0.4, 0.5) is 5.69 Å². The maximum Gasteiger partial charge on any atom is 0.238 e. The van der Waals surface area contributed by atoms with Gasteiger partial charge in [-0.1, -0.05) is 31.9 Å². The first kappa shape index (κ1) is 15.6. The van der Waals surface area contributed by atoms with Crippen LogP contribution in [0, 0.1) is 0 Å². The summed E-state index contributed by atoms with van der Waals surface area (Å²) in [5, 5.41) is 6.22. The standard InChI is InChI=1S/C17H24N2O2/c1-2-12-21-16-10-8-15(9-11-16)19-17(20)13-18-14-6-4-3-5-7-14/h2,8-11,14,18H,1,3-7,12-13H2,(H,19,20). The summed E-state index contributed by atoms with van der Waals surface area (Å²) in [5.74, 6) is 0.772. The van der Waals surface area contributed by atoms with Crippen molar-refractivity contribution in [2.24, 2.45) is 0 Å². The van der Waals surface area contributed by atoms with Crippen LogP contribution in [0.1, 0.15) is 32.1 Å². The Labute approximate surface area is 126 Å². The van der Waals surface area contributed by atoms with E-state index in [1.807, 2.05) is 24.3 Å². The molecule has 1 fully saturated rings. The number of amides is 1. The smallest absolute Gasteiger partial charge is 0.238 e. The number of hydrogen-bond acceptors (Lipinski definition) is 3. The van der Waals surface area contributed by atoms with Crippen LogP contribution in [0.3, 0.4) is 0 Å². The van der Waals surface area contributed by atoms with E-state index < -0.39 is 0 Å². The summed E-state index contributed by atoms with van der Waals surface area (Å²) in [4.78, 5) is 11.9. The minimum absolute atomic E-state index is 0.000309. The Bertz CT molecular complexity index is 450. The highest BCUT2D eigenvalue weighted by molar-refractivity contribution is 5.92. The van der Waals surface area contributed by atoms with E-state index in [1.165, 1.54) is 32.1 Å². The quantitative estimate of drug-likeness (QED) is 0.758. The number of nitrogens with one attached hydrogen (secondary N) is 2. The molecule has 4 nitrogen and oxygen atoms in total. The summed E-state index contributed by atoms with van der Waals surface area (Å²) in [6.45, 7) is 4.46. The Morgan fingerprint density at radius 1 is 1.24 bits per heavy atom. The lowest BCUT2D eigenvalue weighted by molar-refractivity contribution is -0.115. The van der Waals surface area contributed by atoms with E-state index >= 15 is 0 Å². The minimum atomic E-state index is 0.000309. The van der Waals surface area contributed by atoms with Crippen LogP contribution in [-0.4, -0.2) is 25.1 Å². The van der Waals surface area contributed by atoms with Crippen molar-refractivity contribution >= 4 is 11.6 Å². The van der Waals surface area contributed by atoms with Gasteiger partial charge in [0.15, 0.2) is 0 Å². The summed E-state index contributed by atoms with van der Waals surface area (Å²) in [6.07, 6.45) is 7.93. The molecule has 2 rings (SSSR count). The summed E-state index contributed by atoms with van der Waals surface area (Å²) >= 11 is 0. The van der Waals surface area contributed by atoms with Crippen molar-refractivity contribution in [2.45, 2.75) is 38.1 Å². The van der Waals surface area contributed by atoms with Gasteiger partial charge < -0.3 is 15.4 Å². The summed E-state index contributed by atoms with van der Waals surface area (Å²) in [6, 6.07) is 7.87. The number of anilines is 1. The molecule has 0 bridgehead atoms. The second kappa shape index (κ2) is 8.47. The zero-order chi connectivity index (χ0) is 14.9. The molecule has 0 saturated heterocycles. The highest BCUT2D eigenvalue weighted by Crippen LogP contribution is 2.17. The molecule has 1 saturated carbocycles. The molecule has 1 aromatic carbocycles. The highest BCUT2D eigenvalue weighted by Gasteiger charge is 2.13. The maximum atomic E-state index is 11.9. The Balaban J connectivity index is 1.72. The largest absolute Gasteiger partial charge is 0.490 e. The minimum Gasteiger partial charge on any atom is -0.490 e. The van der Waals surface area contributed by atoms with Crippen molar-refractivity contribution in [3.8, 4) is 5.75 Å². The number of rotatable bonds is 7. The predicted octanol–water partition coefficient (Wildman–Crippen LogP) is 3.11. The van der Waals surface area contributed by atoms with Gasteiger partial charge in [-0.2, -0.15) is 0 Å². The van der Waals surface area contributed by atoms with Crippen molar-refractivity contribution in [2.75, 3.05) is 18.5 Å². The molecular formula is C17H24N2O2. The number of hydrogen-bond donors (Lipinski definition) is 2. The highest BCUT2D eigenvalue weighted by atomic mass is 16.5. The van der Waals surface area contributed by atoms with Gasteiger partial charge in [-0.05, 0) is 37.1 Å². The van der Waals surface area contributed by atoms with Gasteiger partial charge in [-0.25, -0.2) is 0 Å². The summed E-state index contributed by atoms with van der Waals surface area (Å²) < 4.78 is 5.40. The van der Waals surface area contributed by atoms with Gasteiger partial charge in [-0.15, -0.1) is 0 Å². The molecule has 0 atom stereocenters. The SMILES string of the molecule is C=CCOc1ccc(NC(=O)CNC2CCCCC2)cc1. The molecule has 0 aromatic heterocycles. The number of carbonyl (C=O) groups excluding carboxylic acids is 1. The fraction of sp³-hybridized carbons (Fsp3) is 0.471. The van der Waals surface area contributed by atoms with Crippen LogP contribution < -0.4 is 15.4 Å². The lowest BCUT2D eigenvalue weighted by Gasteiger charge is -2.22. The van der Waals surface area contributed by atoms with E-state index in [0.29, 0.717) is 19.2 Å². The van der Waals surface area contributed by atoms with E-state index in [0.717, 1.165) is 11.4 Å². The third kappa shape index (κ3) is 5.60. The third-order valence-electron chi connectivity index (χ3n) is 3.66. The second-order valence-corrected chi connectivity index (χ2v) is 5.39. The number of ether oxygens (including phenoxy) is 1. The molecule has 21 heavy (non-hydrogen) atoms. The van der Waals surface area contributed by atoms with E-state index in [1.54, 1.807) is 6.08 Å². The van der Waals surface area contributed by atoms with E-state index in [2.05, 4.69) is 17.2 Å². The van der Waals surface area contributed by atoms with Gasteiger partial charge in [0.05, 0.1) is 6.54 Å². The normalized spacial score (nSPS) is 15.4.